The Morgan fingerprint density at radius 1 is 0.449 bits per heavy atom. The standard InChI is InChI=1S/C33H42N7O3S.C33H41N7O3S.C30H34N6O.C3H8BrNO2S.2CH4.BF.V/c1-38(2)27-43-33(29-15-9-5-10-16-29,30-17-11-6-12-18-30)21-25-39-23-19-32(20-24-39,28-13-7-4-8-14-28)31-35-37-40(36-31)26-22-34-44(3,41)42;1-38(2)31(41)33(28-15-9-5-10-16-28,29-17-11-6-12-18-29)21-25-39-23-19-32(20-24-39,27-13-7-4-8-14-27)30-35-36-37-40(30)26-22-34-44(3,42)43;1-35(2)28(37)30(25-14-8-4-9-15-25,26-16-10-5-11-17-26)20-23-36-21-18-29(19-22-36,27-31-33-34-32-27)24-12-6-3-7-13-24;1-8(6,7)5-3-2-4;;;1-2;/h4-18,27,34H,19-26H2,1-3H3;4-18,34H,19-26H2,1-3H3;3-17H,18-23H2,1-2H3,(H,31,32,33,34);5H,2-3H2,1H3;2*1H4;;/q+1;;;;;;;. The van der Waals surface area contributed by atoms with Crippen LogP contribution in [0.4, 0.5) is 4.32 Å². The maximum Gasteiger partial charge on any atom is 0.350 e. The fourth-order valence-electron chi connectivity index (χ4n) is 18.7. The second-order valence-corrected chi connectivity index (χ2v) is 41.2. The molecule has 3 aromatic heterocycles. The van der Waals surface area contributed by atoms with Crippen molar-refractivity contribution in [3.05, 3.63) is 341 Å². The monoisotopic (exact) mass is 2040 g/mol. The van der Waals surface area contributed by atoms with Gasteiger partial charge in [0, 0.05) is 95.8 Å². The normalized spacial score (nSPS) is 14.9. The predicted octanol–water partition coefficient (Wildman–Crippen LogP) is 11.6. The van der Waals surface area contributed by atoms with Crippen LogP contribution in [0.15, 0.2) is 273 Å². The van der Waals surface area contributed by atoms with Gasteiger partial charge in [-0.05, 0) is 158 Å². The molecular weight excluding hydrogens is 1910 g/mol. The van der Waals surface area contributed by atoms with E-state index in [4.69, 9.17) is 14.2 Å². The Balaban J connectivity index is 0.000000240. The maximum absolute atomic E-state index is 14.1. The van der Waals surface area contributed by atoms with Gasteiger partial charge in [-0.3, -0.25) is 9.59 Å². The molecule has 0 unspecified atom stereocenters. The Kier molecular flexibility index (Phi) is 43.3. The fraction of sp³-hybridized carbons (Fsp3) is 0.406. The number of nitrogens with one attached hydrogen (secondary N) is 4. The van der Waals surface area contributed by atoms with Crippen LogP contribution in [0.1, 0.15) is 140 Å². The van der Waals surface area contributed by atoms with Crippen LogP contribution in [0.25, 0.3) is 0 Å². The molecule has 3 fully saturated rings. The number of likely N-dealkylation sites (tertiary alicyclic amines) is 3. The number of likely N-dealkylation sites (N-methyl/N-ethyl adjacent to an activating group) is 2. The van der Waals surface area contributed by atoms with E-state index in [0.29, 0.717) is 43.6 Å². The number of carbonyl (C=O) groups is 2. The van der Waals surface area contributed by atoms with Gasteiger partial charge < -0.3 is 33.6 Å². The molecule has 37 heteroatoms. The molecule has 30 nitrogen and oxygen atoms in total. The predicted molar refractivity (Wildman–Crippen MR) is 543 cm³/mol. The van der Waals surface area contributed by atoms with Crippen LogP contribution in [0.5, 0.6) is 0 Å². The molecule has 0 aliphatic carbocycles. The van der Waals surface area contributed by atoms with E-state index in [1.54, 1.807) is 20.9 Å². The van der Waals surface area contributed by atoms with Gasteiger partial charge in [0.05, 0.1) is 48.1 Å². The SMILES string of the molecule is C.C.CN(C)C(=O)C(CCN1CCC(c2ccccc2)(c2nn[nH]n2)CC1)(c1ccccc1)c1ccccc1.CN(C)C(=O)C(CCN1CCC(c2ccccc2)(c2nnnn2CCNS(C)(=O)=O)CC1)(c1ccccc1)c1ccccc1.CS(=O)(=O)NCCBr.C[N+](C)=COC(CCN1CCC(c2ccccc2)(c2nnn(CCNS(C)(=O)=O)n2)CC1)(c1ccccc1)c1ccccc1.[B]F.[V]. The Labute approximate surface area is 836 Å². The van der Waals surface area contributed by atoms with Gasteiger partial charge in [0.1, 0.15) is 24.9 Å². The van der Waals surface area contributed by atoms with E-state index < -0.39 is 51.9 Å². The first-order valence-electron chi connectivity index (χ1n) is 45.2. The molecule has 0 bridgehead atoms. The zero-order valence-corrected chi connectivity index (χ0v) is 84.2. The van der Waals surface area contributed by atoms with Gasteiger partial charge in [-0.2, -0.15) is 10.0 Å². The second-order valence-electron chi connectivity index (χ2n) is 34.9. The number of nitrogens with zero attached hydrogens (tertiary/aromatic N) is 17. The summed E-state index contributed by atoms with van der Waals surface area (Å²) in [6.45, 7) is 8.96. The van der Waals surface area contributed by atoms with Crippen molar-refractivity contribution in [1.29, 1.82) is 0 Å². The van der Waals surface area contributed by atoms with Gasteiger partial charge in [0.15, 0.2) is 23.1 Å². The van der Waals surface area contributed by atoms with Gasteiger partial charge >= 0.3 is 14.5 Å². The second kappa shape index (κ2) is 53.0. The van der Waals surface area contributed by atoms with Crippen molar-refractivity contribution in [2.75, 3.05) is 145 Å². The minimum absolute atomic E-state index is 0. The molecule has 4 N–H and O–H groups in total. The zero-order valence-electron chi connectivity index (χ0n) is 78.8. The molecule has 9 aromatic carbocycles. The number of tetrazole rings is 3. The molecule has 0 atom stereocenters. The number of H-pyrrole nitrogens is 1. The fourth-order valence-corrected chi connectivity index (χ4v) is 20.5. The Hall–Kier alpha value is -10.7. The number of amides is 2. The number of aromatic amines is 1. The van der Waals surface area contributed by atoms with Crippen molar-refractivity contribution in [2.45, 2.75) is 118 Å². The summed E-state index contributed by atoms with van der Waals surface area (Å²) in [6.07, 6.45) is 12.3. The zero-order chi connectivity index (χ0) is 96.6. The van der Waals surface area contributed by atoms with Gasteiger partial charge in [-0.15, -0.1) is 25.5 Å². The minimum Gasteiger partial charge on any atom is -0.434 e. The van der Waals surface area contributed by atoms with Crippen LogP contribution in [0.2, 0.25) is 0 Å². The van der Waals surface area contributed by atoms with Crippen molar-refractivity contribution >= 4 is 72.3 Å². The molecule has 735 valence electrons. The first-order valence-corrected chi connectivity index (χ1v) is 52.0. The molecule has 3 aliphatic heterocycles. The van der Waals surface area contributed by atoms with Crippen molar-refractivity contribution in [3.8, 4) is 0 Å². The third kappa shape index (κ3) is 29.0. The summed E-state index contributed by atoms with van der Waals surface area (Å²) < 4.78 is 93.5. The van der Waals surface area contributed by atoms with Gasteiger partial charge in [0.25, 0.3) is 0 Å². The number of hydrogen-bond acceptors (Lipinski definition) is 21. The molecule has 0 spiro atoms. The van der Waals surface area contributed by atoms with E-state index >= 15 is 0 Å². The largest absolute Gasteiger partial charge is 0.434 e. The summed E-state index contributed by atoms with van der Waals surface area (Å²) in [6, 6.07) is 92.8. The Morgan fingerprint density at radius 2 is 0.768 bits per heavy atom. The number of halogens is 2. The van der Waals surface area contributed by atoms with Crippen molar-refractivity contribution in [2.24, 2.45) is 0 Å². The summed E-state index contributed by atoms with van der Waals surface area (Å²) in [4.78, 5) is 40.4. The van der Waals surface area contributed by atoms with Crippen LogP contribution in [0.3, 0.4) is 0 Å². The number of alkyl halides is 1. The van der Waals surface area contributed by atoms with Crippen LogP contribution >= 0.6 is 15.9 Å². The third-order valence-electron chi connectivity index (χ3n) is 25.5. The topological polar surface area (TPSA) is 343 Å². The Morgan fingerprint density at radius 3 is 1.09 bits per heavy atom. The van der Waals surface area contributed by atoms with Crippen LogP contribution in [-0.2, 0) is 109 Å². The summed E-state index contributed by atoms with van der Waals surface area (Å²) in [5, 5.41) is 42.2. The molecule has 12 aromatic rings. The Bertz CT molecular complexity index is 5870. The van der Waals surface area contributed by atoms with E-state index in [9.17, 15) is 34.8 Å². The summed E-state index contributed by atoms with van der Waals surface area (Å²) in [5.74, 6) is 2.34. The summed E-state index contributed by atoms with van der Waals surface area (Å²) in [5.41, 5.74) is 6.49. The van der Waals surface area contributed by atoms with Crippen molar-refractivity contribution in [1.82, 2.24) is 99.7 Å². The number of ether oxygens (including phenoxy) is 1. The minimum atomic E-state index is -3.33. The average Bonchev–Trinajstić information content (AvgIpc) is 1.46. The van der Waals surface area contributed by atoms with Crippen LogP contribution in [0, 0.1) is 0 Å². The summed E-state index contributed by atoms with van der Waals surface area (Å²) >= 11 is 3.08. The number of carbonyl (C=O) groups excluding carboxylic acids is 2. The molecule has 138 heavy (non-hydrogen) atoms. The molecule has 0 saturated carbocycles. The van der Waals surface area contributed by atoms with E-state index in [1.165, 1.54) is 15.9 Å². The molecule has 3 aliphatic rings. The maximum atomic E-state index is 14.1. The number of aromatic nitrogens is 12. The van der Waals surface area contributed by atoms with Gasteiger partial charge in [-0.25, -0.2) is 48.7 Å². The number of piperidine rings is 3. The van der Waals surface area contributed by atoms with Gasteiger partial charge in [-0.1, -0.05) is 309 Å². The van der Waals surface area contributed by atoms with Gasteiger partial charge in [0.2, 0.25) is 41.9 Å². The molecular formula is C101H133BBrFN21O9S3V+. The number of rotatable bonds is 36. The first kappa shape index (κ1) is 113. The number of hydrogen-bond donors (Lipinski definition) is 4. The molecule has 3 radical (unpaired) electrons. The molecule has 3 saturated heterocycles. The number of benzene rings is 9. The quantitative estimate of drug-likeness (QED) is 0.00931. The van der Waals surface area contributed by atoms with E-state index in [0.717, 1.165) is 173 Å². The van der Waals surface area contributed by atoms with E-state index in [-0.39, 0.29) is 69.1 Å². The third-order valence-corrected chi connectivity index (χ3v) is 28.1. The molecule has 15 rings (SSSR count). The van der Waals surface area contributed by atoms with E-state index in [1.807, 2.05) is 162 Å². The smallest absolute Gasteiger partial charge is 0.350 e. The first-order chi connectivity index (χ1) is 65.0. The molecule has 6 heterocycles. The summed E-state index contributed by atoms with van der Waals surface area (Å²) in [7, 11) is 4.72. The van der Waals surface area contributed by atoms with E-state index in [2.05, 4.69) is 257 Å². The van der Waals surface area contributed by atoms with Crippen molar-refractivity contribution < 1.29 is 67.0 Å². The molecule has 2 amide bonds. The average molecular weight is 2040 g/mol. The van der Waals surface area contributed by atoms with Crippen LogP contribution in [-0.4, -0.2) is 287 Å². The number of sulfonamides is 3. The van der Waals surface area contributed by atoms with Crippen LogP contribution < -0.4 is 14.2 Å². The van der Waals surface area contributed by atoms with Crippen molar-refractivity contribution in [3.63, 3.8) is 0 Å².